The van der Waals surface area contributed by atoms with Gasteiger partial charge in [0.2, 0.25) is 0 Å². The summed E-state index contributed by atoms with van der Waals surface area (Å²) < 4.78 is 6.07. The summed E-state index contributed by atoms with van der Waals surface area (Å²) in [4.78, 5) is 62.7. The third kappa shape index (κ3) is 8.79. The van der Waals surface area contributed by atoms with Gasteiger partial charge in [0.15, 0.2) is 6.10 Å². The van der Waals surface area contributed by atoms with Crippen LogP contribution in [0.15, 0.2) is 36.4 Å². The van der Waals surface area contributed by atoms with Gasteiger partial charge < -0.3 is 35.1 Å². The molecule has 4 heterocycles. The van der Waals surface area contributed by atoms with Gasteiger partial charge in [-0.3, -0.25) is 19.4 Å². The summed E-state index contributed by atoms with van der Waals surface area (Å²) in [5.41, 5.74) is 4.17. The molecule has 282 valence electrons. The molecule has 14 nitrogen and oxygen atoms in total. The number of rotatable bonds is 8. The molecule has 4 aliphatic heterocycles. The second-order valence-corrected chi connectivity index (χ2v) is 14.7. The molecule has 3 saturated heterocycles. The zero-order chi connectivity index (χ0) is 36.9. The highest BCUT2D eigenvalue weighted by Gasteiger charge is 2.37. The molecule has 4 N–H and O–H groups in total. The first-order valence-corrected chi connectivity index (χ1v) is 18.6. The minimum atomic E-state index is -1.02. The minimum absolute atomic E-state index is 0.00422. The number of phenols is 1. The molecular formula is C38H54N7O7+. The Hall–Kier alpha value is -4.40. The number of likely N-dealkylation sites (tertiary alicyclic amines) is 2. The number of amides is 5. The van der Waals surface area contributed by atoms with E-state index in [2.05, 4.69) is 15.1 Å². The van der Waals surface area contributed by atoms with Gasteiger partial charge >= 0.3 is 12.1 Å². The van der Waals surface area contributed by atoms with Crippen LogP contribution in [0.3, 0.4) is 0 Å². The predicted octanol–water partition coefficient (Wildman–Crippen LogP) is 2.32. The lowest BCUT2D eigenvalue weighted by molar-refractivity contribution is -0.161. The van der Waals surface area contributed by atoms with Crippen molar-refractivity contribution in [2.24, 2.45) is 0 Å². The average Bonchev–Trinajstić information content (AvgIpc) is 3.31. The summed E-state index contributed by atoms with van der Waals surface area (Å²) in [6.07, 6.45) is 2.27. The van der Waals surface area contributed by atoms with Crippen LogP contribution in [0, 0.1) is 13.8 Å². The van der Waals surface area contributed by atoms with Crippen molar-refractivity contribution in [3.63, 3.8) is 0 Å². The number of para-hydroxylation sites is 1. The standard InChI is InChI=1S/C38H53N7O7/c1-26-22-28(23-27(2)35(26)47)24-33(36(48)43-13-9-30(10-14-43)42-20-18-41(19-21-42)25-34(46)40(3)51)52-38(50)44-15-11-31(12-16-44)45-17-8-29-6-4-5-7-32(29)39-37(45)49/h4-7,22-23,30-31,33,47,51H,8-21,24-25H2,1-3H3,(H,39,49)/p+1/t33-/m1/s1. The number of piperidine rings is 2. The van der Waals surface area contributed by atoms with Gasteiger partial charge in [0.05, 0.1) is 13.6 Å². The first-order valence-electron chi connectivity index (χ1n) is 18.6. The number of hydrogen-bond acceptors (Lipinski definition) is 8. The van der Waals surface area contributed by atoms with Gasteiger partial charge in [0.1, 0.15) is 5.75 Å². The number of benzene rings is 2. The number of nitrogens with one attached hydrogen (secondary N) is 1. The lowest BCUT2D eigenvalue weighted by atomic mass is 9.98. The van der Waals surface area contributed by atoms with Crippen molar-refractivity contribution in [1.29, 1.82) is 0 Å². The summed E-state index contributed by atoms with van der Waals surface area (Å²) in [6, 6.07) is 11.7. The van der Waals surface area contributed by atoms with E-state index in [0.29, 0.717) is 62.7 Å². The molecule has 4 aliphatic rings. The van der Waals surface area contributed by atoms with E-state index in [9.17, 15) is 24.3 Å². The quantitative estimate of drug-likeness (QED) is 0.312. The van der Waals surface area contributed by atoms with E-state index >= 15 is 0 Å². The number of aromatic hydroxyl groups is 1. The summed E-state index contributed by atoms with van der Waals surface area (Å²) >= 11 is 0. The van der Waals surface area contributed by atoms with Crippen LogP contribution in [0.4, 0.5) is 15.3 Å². The zero-order valence-corrected chi connectivity index (χ0v) is 30.7. The van der Waals surface area contributed by atoms with Crippen LogP contribution in [0.1, 0.15) is 47.9 Å². The van der Waals surface area contributed by atoms with Crippen molar-refractivity contribution in [3.05, 3.63) is 58.7 Å². The Morgan fingerprint density at radius 1 is 0.904 bits per heavy atom. The molecule has 0 aliphatic carbocycles. The van der Waals surface area contributed by atoms with Crippen molar-refractivity contribution in [2.45, 2.75) is 70.6 Å². The Bertz CT molecular complexity index is 1590. The normalized spacial score (nSPS) is 20.2. The number of aryl methyl sites for hydroxylation is 2. The van der Waals surface area contributed by atoms with Gasteiger partial charge in [-0.15, -0.1) is 5.06 Å². The lowest BCUT2D eigenvalue weighted by Gasteiger charge is -2.43. The fourth-order valence-electron chi connectivity index (χ4n) is 8.09. The van der Waals surface area contributed by atoms with Crippen molar-refractivity contribution in [2.75, 3.05) is 77.8 Å². The molecule has 0 radical (unpaired) electrons. The van der Waals surface area contributed by atoms with E-state index in [1.165, 1.54) is 7.05 Å². The van der Waals surface area contributed by atoms with Crippen LogP contribution >= 0.6 is 0 Å². The number of urea groups is 1. The second kappa shape index (κ2) is 16.5. The summed E-state index contributed by atoms with van der Waals surface area (Å²) in [5.74, 6) is -0.216. The Balaban J connectivity index is 1.05. The largest absolute Gasteiger partial charge is 0.507 e. The molecule has 14 heteroatoms. The number of nitrogens with zero attached hydrogens (tertiary/aromatic N) is 6. The SMILES string of the molecule is Cc1cc(C[C@@H](OC(=O)N2CCC(N3CCc4ccccc4NC3=O)CC2)C(=O)N2CCC(N3CCN(CC(=O)N(C)[OH2+])CC3)CC2)cc(C)c1O. The van der Waals surface area contributed by atoms with Crippen LogP contribution in [0.5, 0.6) is 5.75 Å². The van der Waals surface area contributed by atoms with Crippen molar-refractivity contribution in [3.8, 4) is 5.75 Å². The highest BCUT2D eigenvalue weighted by molar-refractivity contribution is 5.91. The van der Waals surface area contributed by atoms with Crippen LogP contribution < -0.4 is 5.32 Å². The molecule has 2 aromatic rings. The molecule has 5 amide bonds. The maximum absolute atomic E-state index is 14.1. The maximum atomic E-state index is 14.1. The molecule has 0 bridgehead atoms. The molecule has 2 aromatic carbocycles. The maximum Gasteiger partial charge on any atom is 0.410 e. The molecular weight excluding hydrogens is 666 g/mol. The molecule has 0 spiro atoms. The predicted molar refractivity (Wildman–Crippen MR) is 196 cm³/mol. The topological polar surface area (TPSA) is 152 Å². The molecule has 0 saturated carbocycles. The van der Waals surface area contributed by atoms with Crippen molar-refractivity contribution < 1.29 is 34.2 Å². The summed E-state index contributed by atoms with van der Waals surface area (Å²) in [6.45, 7) is 9.65. The Kier molecular flexibility index (Phi) is 11.9. The Labute approximate surface area is 305 Å². The van der Waals surface area contributed by atoms with Gasteiger partial charge in [0.25, 0.3) is 11.8 Å². The zero-order valence-electron chi connectivity index (χ0n) is 30.7. The van der Waals surface area contributed by atoms with Gasteiger partial charge in [-0.25, -0.2) is 9.59 Å². The Morgan fingerprint density at radius 3 is 2.17 bits per heavy atom. The molecule has 3 fully saturated rings. The van der Waals surface area contributed by atoms with Crippen LogP contribution in [-0.4, -0.2) is 154 Å². The first kappa shape index (κ1) is 37.4. The molecule has 0 unspecified atom stereocenters. The van der Waals surface area contributed by atoms with Crippen LogP contribution in [-0.2, 0) is 27.2 Å². The molecule has 0 aromatic heterocycles. The number of hydroxylamine groups is 2. The lowest BCUT2D eigenvalue weighted by Crippen LogP contribution is -2.56. The third-order valence-corrected chi connectivity index (χ3v) is 11.2. The number of ether oxygens (including phenoxy) is 1. The summed E-state index contributed by atoms with van der Waals surface area (Å²) in [5, 5.41) is 21.8. The summed E-state index contributed by atoms with van der Waals surface area (Å²) in [7, 11) is 1.45. The van der Waals surface area contributed by atoms with E-state index in [1.54, 1.807) is 4.90 Å². The van der Waals surface area contributed by atoms with Gasteiger partial charge in [-0.2, -0.15) is 0 Å². The smallest absolute Gasteiger partial charge is 0.410 e. The second-order valence-electron chi connectivity index (χ2n) is 14.7. The Morgan fingerprint density at radius 2 is 1.52 bits per heavy atom. The van der Waals surface area contributed by atoms with Gasteiger partial charge in [-0.1, -0.05) is 30.3 Å². The first-order chi connectivity index (χ1) is 25.0. The fraction of sp³-hybridized carbons (Fsp3) is 0.579. The highest BCUT2D eigenvalue weighted by atomic mass is 16.6. The number of piperazine rings is 1. The van der Waals surface area contributed by atoms with E-state index in [1.807, 2.05) is 60.0 Å². The number of likely N-dealkylation sites (N-methyl/N-ethyl adjacent to an activating group) is 1. The number of anilines is 1. The number of carbonyl (C=O) groups excluding carboxylic acids is 4. The van der Waals surface area contributed by atoms with Crippen molar-refractivity contribution in [1.82, 2.24) is 29.6 Å². The van der Waals surface area contributed by atoms with E-state index in [4.69, 9.17) is 9.94 Å². The fourth-order valence-corrected chi connectivity index (χ4v) is 8.09. The molecule has 6 rings (SSSR count). The van der Waals surface area contributed by atoms with Gasteiger partial charge in [0, 0.05) is 83.1 Å². The third-order valence-electron chi connectivity index (χ3n) is 11.2. The van der Waals surface area contributed by atoms with Crippen LogP contribution in [0.25, 0.3) is 0 Å². The number of hydrogen-bond donors (Lipinski definition) is 2. The van der Waals surface area contributed by atoms with E-state index in [0.717, 1.165) is 67.3 Å². The monoisotopic (exact) mass is 720 g/mol. The van der Waals surface area contributed by atoms with Crippen LogP contribution in [0.2, 0.25) is 0 Å². The molecule has 52 heavy (non-hydrogen) atoms. The number of carbonyl (C=O) groups is 4. The average molecular weight is 721 g/mol. The van der Waals surface area contributed by atoms with E-state index < -0.39 is 12.2 Å². The van der Waals surface area contributed by atoms with Crippen molar-refractivity contribution >= 4 is 29.6 Å². The number of phenolic OH excluding ortho intramolecular Hbond substituents is 1. The number of fused-ring (bicyclic) bond motifs is 1. The van der Waals surface area contributed by atoms with E-state index in [-0.39, 0.29) is 42.6 Å². The highest BCUT2D eigenvalue weighted by Crippen LogP contribution is 2.27. The molecule has 1 atom stereocenters. The minimum Gasteiger partial charge on any atom is -0.507 e. The van der Waals surface area contributed by atoms with Gasteiger partial charge in [-0.05, 0) is 74.3 Å².